The summed E-state index contributed by atoms with van der Waals surface area (Å²) in [4.78, 5) is 48.0. The molecule has 0 amide bonds. The number of fused-ring (bicyclic) bond motifs is 10. The number of hydrogen-bond donors (Lipinski definition) is 10. The van der Waals surface area contributed by atoms with Crippen LogP contribution in [-0.4, -0.2) is 106 Å². The molecule has 0 aliphatic rings. The molecule has 15 aromatic carbocycles. The summed E-state index contributed by atoms with van der Waals surface area (Å²) in [5.74, 6) is -2.34. The fraction of sp³-hybridized carbons (Fsp3) is 0.00901. The van der Waals surface area contributed by atoms with E-state index < -0.39 is 34.0 Å². The van der Waals surface area contributed by atoms with E-state index in [4.69, 9.17) is 34.8 Å². The highest BCUT2D eigenvalue weighted by molar-refractivity contribution is 6.42. The third-order valence-corrected chi connectivity index (χ3v) is 24.9. The van der Waals surface area contributed by atoms with Gasteiger partial charge in [-0.15, -0.1) is 0 Å². The lowest BCUT2D eigenvalue weighted by Crippen LogP contribution is -1.87. The molecule has 0 atom stereocenters. The van der Waals surface area contributed by atoms with Crippen molar-refractivity contribution in [2.45, 2.75) is 6.92 Å². The van der Waals surface area contributed by atoms with Crippen molar-refractivity contribution < 1.29 is 53.2 Å². The zero-order valence-corrected chi connectivity index (χ0v) is 78.5. The maximum absolute atomic E-state index is 14.8. The monoisotopic (exact) mass is 2040 g/mol. The highest BCUT2D eigenvalue weighted by Crippen LogP contribution is 2.39. The van der Waals surface area contributed by atoms with Gasteiger partial charge in [0.05, 0.1) is 154 Å². The predicted molar refractivity (Wildman–Crippen MR) is 559 cm³/mol. The number of nitrogens with zero attached hydrogens (tertiary/aromatic N) is 11. The summed E-state index contributed by atoms with van der Waals surface area (Å²) in [5, 5.41) is 51.3. The summed E-state index contributed by atoms with van der Waals surface area (Å²) in [6.45, 7) is 2.00. The molecule has 0 fully saturated rings. The quantitative estimate of drug-likeness (QED) is 0.0245. The first-order chi connectivity index (χ1) is 71.6. The van der Waals surface area contributed by atoms with Crippen LogP contribution in [0.4, 0.5) is 54.0 Å². The molecule has 0 saturated heterocycles. The standard InChI is InChI=1S/C23H16F2N4.C22H12Cl2F2N4.C22H13ClF2N4.C22H13F3N4.C22H13F2N5O2/c1-13-2-8-20-22(10-13)27-23(26-20)16-11-17-19(28-29-21(17)12-18(16)25)9-5-14-3-6-15(24)7-4-14;23-15-8-20-21(9-16(15)24)28-22(27-20)13-7-14-18(29-30-19(14)10-17(13)26)6-3-11-1-4-12(25)5-2-11;23-13-4-8-19-21(9-13)27-22(26-19)15-10-16-18(28-29-20(16)11-17(15)25)7-3-12-1-5-14(24)6-2-12;23-13-4-1-12(2-5-13)3-7-18-16-10-15(17(25)11-20(16)29-28-18)22-26-19-8-6-14(24)9-21(19)27-22;23-13-4-1-12(2-5-13)3-7-18-16-10-15(17(24)11-20(16)28-27-18)22-25-19-8-6-14(29(30)31)9-21(19)26-22/h2-12H,1H3,(H,26,27)(H,28,29);1-10H,(H,27,28)(H,29,30);2*1-11H,(H,26,27)(H,28,29);1-11H,(H,25,26)(H,27,28)/b9-5+;6-3+;3*7-3+. The molecule has 37 heteroatoms. The summed E-state index contributed by atoms with van der Waals surface area (Å²) in [7, 11) is 0. The van der Waals surface area contributed by atoms with Gasteiger partial charge in [0.2, 0.25) is 0 Å². The molecule has 25 aromatic rings. The molecular weight excluding hydrogens is 1970 g/mol. The van der Waals surface area contributed by atoms with Gasteiger partial charge in [0.1, 0.15) is 93.1 Å². The van der Waals surface area contributed by atoms with Gasteiger partial charge in [-0.3, -0.25) is 35.6 Å². The second-order valence-corrected chi connectivity index (χ2v) is 35.1. The van der Waals surface area contributed by atoms with E-state index >= 15 is 0 Å². The molecule has 148 heavy (non-hydrogen) atoms. The number of imidazole rings is 5. The summed E-state index contributed by atoms with van der Waals surface area (Å²) < 4.78 is 152. The third kappa shape index (κ3) is 20.7. The van der Waals surface area contributed by atoms with Crippen LogP contribution >= 0.6 is 34.8 Å². The van der Waals surface area contributed by atoms with E-state index in [0.29, 0.717) is 160 Å². The number of rotatable bonds is 16. The first-order valence-electron chi connectivity index (χ1n) is 45.0. The lowest BCUT2D eigenvalue weighted by molar-refractivity contribution is -0.384. The second kappa shape index (κ2) is 40.5. The topological polar surface area (TPSA) is 330 Å². The smallest absolute Gasteiger partial charge is 0.271 e. The molecule has 23 nitrogen and oxygen atoms in total. The Morgan fingerprint density at radius 1 is 0.250 bits per heavy atom. The molecule has 0 radical (unpaired) electrons. The van der Waals surface area contributed by atoms with Crippen molar-refractivity contribution >= 4 is 211 Å². The van der Waals surface area contributed by atoms with Gasteiger partial charge < -0.3 is 24.9 Å². The van der Waals surface area contributed by atoms with Gasteiger partial charge in [0, 0.05) is 74.4 Å². The van der Waals surface area contributed by atoms with Crippen molar-refractivity contribution in [2.75, 3.05) is 0 Å². The molecular formula is C111H67Cl3F11N21O2. The number of H-pyrrole nitrogens is 10. The molecule has 0 saturated carbocycles. The van der Waals surface area contributed by atoms with E-state index in [1.807, 2.05) is 49.4 Å². The van der Waals surface area contributed by atoms with Crippen LogP contribution in [0, 0.1) is 81.0 Å². The van der Waals surface area contributed by atoms with Gasteiger partial charge in [0.15, 0.2) is 0 Å². The van der Waals surface area contributed by atoms with Crippen molar-refractivity contribution in [3.8, 4) is 56.9 Å². The van der Waals surface area contributed by atoms with Crippen LogP contribution in [-0.2, 0) is 0 Å². The molecule has 10 heterocycles. The van der Waals surface area contributed by atoms with E-state index in [9.17, 15) is 58.4 Å². The van der Waals surface area contributed by atoms with Gasteiger partial charge >= 0.3 is 0 Å². The first-order valence-corrected chi connectivity index (χ1v) is 46.1. The minimum Gasteiger partial charge on any atom is -0.338 e. The molecule has 726 valence electrons. The minimum atomic E-state index is -0.515. The van der Waals surface area contributed by atoms with Gasteiger partial charge in [0.25, 0.3) is 5.69 Å². The van der Waals surface area contributed by atoms with Crippen LogP contribution in [0.25, 0.3) is 227 Å². The van der Waals surface area contributed by atoms with Crippen molar-refractivity contribution in [3.63, 3.8) is 0 Å². The van der Waals surface area contributed by atoms with Gasteiger partial charge in [-0.1, -0.05) is 132 Å². The van der Waals surface area contributed by atoms with E-state index in [-0.39, 0.29) is 57.5 Å². The highest BCUT2D eigenvalue weighted by Gasteiger charge is 2.24. The molecule has 25 rings (SSSR count). The van der Waals surface area contributed by atoms with Crippen LogP contribution in [0.5, 0.6) is 0 Å². The molecule has 0 bridgehead atoms. The van der Waals surface area contributed by atoms with E-state index in [1.54, 1.807) is 158 Å². The largest absolute Gasteiger partial charge is 0.338 e. The van der Waals surface area contributed by atoms with Crippen molar-refractivity contribution in [2.24, 2.45) is 0 Å². The highest BCUT2D eigenvalue weighted by atomic mass is 35.5. The normalized spacial score (nSPS) is 11.8. The number of non-ortho nitro benzene ring substituents is 1. The summed E-state index contributed by atoms with van der Waals surface area (Å²) in [6.07, 6.45) is 17.9. The second-order valence-electron chi connectivity index (χ2n) is 33.9. The Morgan fingerprint density at radius 2 is 0.500 bits per heavy atom. The zero-order valence-electron chi connectivity index (χ0n) is 76.2. The molecule has 0 aliphatic heterocycles. The summed E-state index contributed by atoms with van der Waals surface area (Å²) >= 11 is 18.1. The van der Waals surface area contributed by atoms with Crippen LogP contribution in [0.3, 0.4) is 0 Å². The maximum Gasteiger partial charge on any atom is 0.271 e. The SMILES string of the molecule is Cc1ccc2nc(-c3cc4c(/C=C/c5ccc(F)cc5)n[nH]c4cc3F)[nH]c2c1.Fc1ccc(/C=C/c2n[nH]c3cc(F)c(-c4nc5cc(Cl)c(Cl)cc5[nH]4)cc23)cc1.Fc1ccc(/C=C/c2n[nH]c3cc(F)c(-c4nc5ccc(Cl)cc5[nH]4)cc23)cc1.Fc1ccc(/C=C/c2n[nH]c3cc(F)c(-c4nc5ccc(F)cc5[nH]4)cc23)cc1.O=[N+]([O-])c1ccc2nc(-c3cc4c(/C=C/c5ccc(F)cc5)n[nH]c4cc3F)[nH]c2c1. The maximum atomic E-state index is 14.8. The molecule has 10 N–H and O–H groups in total. The number of nitro groups is 1. The number of hydrogen-bond acceptors (Lipinski definition) is 12. The van der Waals surface area contributed by atoms with Crippen LogP contribution in [0.2, 0.25) is 15.1 Å². The van der Waals surface area contributed by atoms with E-state index in [1.165, 1.54) is 127 Å². The average molecular weight is 2040 g/mol. The molecule has 0 aliphatic carbocycles. The van der Waals surface area contributed by atoms with Crippen LogP contribution in [0.15, 0.2) is 267 Å². The predicted octanol–water partition coefficient (Wildman–Crippen LogP) is 30.1. The van der Waals surface area contributed by atoms with Crippen molar-refractivity contribution in [3.05, 3.63) is 418 Å². The number of aromatic amines is 10. The zero-order chi connectivity index (χ0) is 102. The van der Waals surface area contributed by atoms with E-state index in [0.717, 1.165) is 66.1 Å². The Labute approximate surface area is 841 Å². The fourth-order valence-corrected chi connectivity index (χ4v) is 16.9. The Hall–Kier alpha value is -18.8. The Kier molecular flexibility index (Phi) is 26.1. The van der Waals surface area contributed by atoms with Crippen LogP contribution < -0.4 is 0 Å². The Bertz CT molecular complexity index is 9060. The summed E-state index contributed by atoms with van der Waals surface area (Å²) in [6, 6.07) is 68.5. The number of aromatic nitrogens is 20. The Balaban J connectivity index is 0.000000108. The van der Waals surface area contributed by atoms with Crippen LogP contribution in [0.1, 0.15) is 61.9 Å². The third-order valence-electron chi connectivity index (χ3n) is 23.9. The number of nitrogens with one attached hydrogen (secondary N) is 10. The number of nitro benzene ring substituents is 1. The first kappa shape index (κ1) is 95.4. The van der Waals surface area contributed by atoms with Crippen molar-refractivity contribution in [1.82, 2.24) is 101 Å². The minimum absolute atomic E-state index is 0.0818. The molecule has 10 aromatic heterocycles. The van der Waals surface area contributed by atoms with Crippen molar-refractivity contribution in [1.29, 1.82) is 0 Å². The molecule has 0 unspecified atom stereocenters. The van der Waals surface area contributed by atoms with E-state index in [2.05, 4.69) is 101 Å². The lowest BCUT2D eigenvalue weighted by Gasteiger charge is -2.00. The average Bonchev–Trinajstić information content (AvgIpc) is 1.64. The fourth-order valence-electron chi connectivity index (χ4n) is 16.4. The lowest BCUT2D eigenvalue weighted by atomic mass is 10.1. The van der Waals surface area contributed by atoms with Gasteiger partial charge in [-0.2, -0.15) is 25.5 Å². The van der Waals surface area contributed by atoms with Gasteiger partial charge in [-0.25, -0.2) is 73.2 Å². The number of aryl methyl sites for hydroxylation is 1. The molecule has 0 spiro atoms. The Morgan fingerprint density at radius 3 is 0.811 bits per heavy atom. The number of benzene rings is 15. The van der Waals surface area contributed by atoms with Gasteiger partial charge in [-0.05, 0) is 228 Å². The number of halogens is 14. The summed E-state index contributed by atoms with van der Waals surface area (Å²) in [5.41, 5.74) is 18.8.